The normalized spacial score (nSPS) is 14.7. The van der Waals surface area contributed by atoms with Gasteiger partial charge in [-0.2, -0.15) is 0 Å². The van der Waals surface area contributed by atoms with E-state index in [1.807, 2.05) is 83.8 Å². The molecule has 1 atom stereocenters. The van der Waals surface area contributed by atoms with Gasteiger partial charge in [0.05, 0.1) is 0 Å². The van der Waals surface area contributed by atoms with Gasteiger partial charge in [0.15, 0.2) is 5.78 Å². The van der Waals surface area contributed by atoms with Gasteiger partial charge in [0.1, 0.15) is 6.04 Å². The maximum absolute atomic E-state index is 13.6. The fraction of sp³-hybridized carbons (Fsp3) is 0.154. The topological polar surface area (TPSA) is 65.2 Å². The number of anilines is 2. The van der Waals surface area contributed by atoms with Crippen LogP contribution in [0, 0.1) is 0 Å². The van der Waals surface area contributed by atoms with E-state index in [-0.39, 0.29) is 11.7 Å². The summed E-state index contributed by atoms with van der Waals surface area (Å²) in [4.78, 5) is 30.6. The molecule has 2 N–H and O–H groups in total. The first-order chi connectivity index (χ1) is 15.2. The molecule has 1 aliphatic heterocycles. The summed E-state index contributed by atoms with van der Waals surface area (Å²) in [7, 11) is 0. The highest BCUT2D eigenvalue weighted by Gasteiger charge is 2.25. The standard InChI is InChI=1S/C26H23N3O2/c30-24-11-6-16-29(24)20-14-12-19(13-15-20)28-25(18-7-2-1-3-8-18)26(31)22-17-27-23-10-5-4-9-21(22)23/h1-5,7-10,12-15,17,25,27-28H,6,11,16H2. The van der Waals surface area contributed by atoms with E-state index in [9.17, 15) is 9.59 Å². The molecule has 1 amide bonds. The smallest absolute Gasteiger partial charge is 0.227 e. The summed E-state index contributed by atoms with van der Waals surface area (Å²) in [5, 5.41) is 4.33. The molecule has 154 valence electrons. The van der Waals surface area contributed by atoms with E-state index in [1.165, 1.54) is 0 Å². The number of hydrogen-bond acceptors (Lipinski definition) is 3. The predicted molar refractivity (Wildman–Crippen MR) is 123 cm³/mol. The molecule has 0 bridgehead atoms. The molecule has 5 heteroatoms. The maximum atomic E-state index is 13.6. The monoisotopic (exact) mass is 409 g/mol. The van der Waals surface area contributed by atoms with Crippen LogP contribution in [-0.4, -0.2) is 23.2 Å². The van der Waals surface area contributed by atoms with Crippen LogP contribution in [0.1, 0.15) is 34.8 Å². The highest BCUT2D eigenvalue weighted by molar-refractivity contribution is 6.11. The molecule has 1 aromatic heterocycles. The first-order valence-electron chi connectivity index (χ1n) is 10.5. The Balaban J connectivity index is 1.46. The molecule has 31 heavy (non-hydrogen) atoms. The summed E-state index contributed by atoms with van der Waals surface area (Å²) >= 11 is 0. The average Bonchev–Trinajstić information content (AvgIpc) is 3.44. The third kappa shape index (κ3) is 3.70. The SMILES string of the molecule is O=C(c1c[nH]c2ccccc12)C(Nc1ccc(N2CCCC2=O)cc1)c1ccccc1. The van der Waals surface area contributed by atoms with Crippen LogP contribution in [0.15, 0.2) is 85.1 Å². The van der Waals surface area contributed by atoms with Crippen molar-refractivity contribution in [2.75, 3.05) is 16.8 Å². The van der Waals surface area contributed by atoms with Crippen molar-refractivity contribution in [1.82, 2.24) is 4.98 Å². The second-order valence-corrected chi connectivity index (χ2v) is 7.80. The van der Waals surface area contributed by atoms with Gasteiger partial charge >= 0.3 is 0 Å². The number of carbonyl (C=O) groups is 2. The second-order valence-electron chi connectivity index (χ2n) is 7.80. The lowest BCUT2D eigenvalue weighted by molar-refractivity contribution is -0.117. The van der Waals surface area contributed by atoms with E-state index < -0.39 is 6.04 Å². The van der Waals surface area contributed by atoms with Gasteiger partial charge in [0.2, 0.25) is 5.91 Å². The third-order valence-electron chi connectivity index (χ3n) is 5.81. The number of carbonyl (C=O) groups excluding carboxylic acids is 2. The van der Waals surface area contributed by atoms with Crippen molar-refractivity contribution < 1.29 is 9.59 Å². The van der Waals surface area contributed by atoms with Crippen LogP contribution in [0.25, 0.3) is 10.9 Å². The molecule has 0 radical (unpaired) electrons. The zero-order valence-corrected chi connectivity index (χ0v) is 17.0. The average molecular weight is 409 g/mol. The Morgan fingerprint density at radius 2 is 1.68 bits per heavy atom. The molecule has 5 nitrogen and oxygen atoms in total. The Labute approximate surface area is 180 Å². The molecule has 1 aliphatic rings. The zero-order valence-electron chi connectivity index (χ0n) is 17.0. The van der Waals surface area contributed by atoms with Gasteiger partial charge < -0.3 is 15.2 Å². The largest absolute Gasteiger partial charge is 0.371 e. The number of aromatic amines is 1. The number of rotatable bonds is 6. The summed E-state index contributed by atoms with van der Waals surface area (Å²) in [5.41, 5.74) is 4.23. The van der Waals surface area contributed by atoms with E-state index in [0.29, 0.717) is 12.0 Å². The summed E-state index contributed by atoms with van der Waals surface area (Å²) in [6.07, 6.45) is 3.29. The van der Waals surface area contributed by atoms with E-state index in [1.54, 1.807) is 6.20 Å². The fourth-order valence-electron chi connectivity index (χ4n) is 4.20. The third-order valence-corrected chi connectivity index (χ3v) is 5.81. The Morgan fingerprint density at radius 3 is 2.42 bits per heavy atom. The van der Waals surface area contributed by atoms with Crippen molar-refractivity contribution >= 4 is 34.0 Å². The van der Waals surface area contributed by atoms with Gasteiger partial charge in [-0.1, -0.05) is 48.5 Å². The van der Waals surface area contributed by atoms with E-state index >= 15 is 0 Å². The Kier molecular flexibility index (Phi) is 5.00. The molecule has 0 spiro atoms. The zero-order chi connectivity index (χ0) is 21.2. The van der Waals surface area contributed by atoms with Crippen molar-refractivity contribution in [3.63, 3.8) is 0 Å². The number of ketones is 1. The quantitative estimate of drug-likeness (QED) is 0.423. The van der Waals surface area contributed by atoms with Crippen LogP contribution < -0.4 is 10.2 Å². The van der Waals surface area contributed by atoms with Gasteiger partial charge in [0, 0.05) is 47.0 Å². The van der Waals surface area contributed by atoms with Gasteiger partial charge in [-0.15, -0.1) is 0 Å². The lowest BCUT2D eigenvalue weighted by Gasteiger charge is -2.21. The summed E-state index contributed by atoms with van der Waals surface area (Å²) in [6.45, 7) is 0.761. The molecule has 2 heterocycles. The first-order valence-corrected chi connectivity index (χ1v) is 10.5. The molecular weight excluding hydrogens is 386 g/mol. The van der Waals surface area contributed by atoms with Crippen LogP contribution in [0.5, 0.6) is 0 Å². The number of amides is 1. The van der Waals surface area contributed by atoms with Crippen LogP contribution in [0.2, 0.25) is 0 Å². The van der Waals surface area contributed by atoms with Crippen molar-refractivity contribution in [1.29, 1.82) is 0 Å². The maximum Gasteiger partial charge on any atom is 0.227 e. The summed E-state index contributed by atoms with van der Waals surface area (Å²) < 4.78 is 0. The Hall–Kier alpha value is -3.86. The number of nitrogens with one attached hydrogen (secondary N) is 2. The summed E-state index contributed by atoms with van der Waals surface area (Å²) in [5.74, 6) is 0.167. The minimum absolute atomic E-state index is 0.00227. The molecule has 5 rings (SSSR count). The number of benzene rings is 3. The highest BCUT2D eigenvalue weighted by Crippen LogP contribution is 2.29. The van der Waals surface area contributed by atoms with Crippen molar-refractivity contribution in [3.05, 3.63) is 96.2 Å². The highest BCUT2D eigenvalue weighted by atomic mass is 16.2. The van der Waals surface area contributed by atoms with E-state index in [2.05, 4.69) is 10.3 Å². The van der Waals surface area contributed by atoms with Gasteiger partial charge in [-0.05, 0) is 42.3 Å². The molecule has 3 aromatic carbocycles. The molecule has 0 saturated carbocycles. The Bertz CT molecular complexity index is 1230. The van der Waals surface area contributed by atoms with Crippen molar-refractivity contribution in [2.45, 2.75) is 18.9 Å². The molecule has 4 aromatic rings. The van der Waals surface area contributed by atoms with Crippen LogP contribution in [0.4, 0.5) is 11.4 Å². The first kappa shape index (κ1) is 19.1. The lowest BCUT2D eigenvalue weighted by atomic mass is 9.96. The number of hydrogen-bond donors (Lipinski definition) is 2. The van der Waals surface area contributed by atoms with E-state index in [4.69, 9.17) is 0 Å². The number of aromatic nitrogens is 1. The van der Waals surface area contributed by atoms with Crippen molar-refractivity contribution in [2.24, 2.45) is 0 Å². The predicted octanol–water partition coefficient (Wildman–Crippen LogP) is 5.33. The minimum Gasteiger partial charge on any atom is -0.371 e. The van der Waals surface area contributed by atoms with Crippen LogP contribution in [-0.2, 0) is 4.79 Å². The van der Waals surface area contributed by atoms with Crippen molar-refractivity contribution in [3.8, 4) is 0 Å². The second kappa shape index (κ2) is 8.11. The van der Waals surface area contributed by atoms with Gasteiger partial charge in [0.25, 0.3) is 0 Å². The van der Waals surface area contributed by atoms with Gasteiger partial charge in [-0.3, -0.25) is 9.59 Å². The molecule has 1 fully saturated rings. The lowest BCUT2D eigenvalue weighted by Crippen LogP contribution is -2.24. The fourth-order valence-corrected chi connectivity index (χ4v) is 4.20. The van der Waals surface area contributed by atoms with E-state index in [0.717, 1.165) is 40.8 Å². The minimum atomic E-state index is -0.528. The summed E-state index contributed by atoms with van der Waals surface area (Å²) in [6, 6.07) is 24.8. The molecule has 1 saturated heterocycles. The van der Waals surface area contributed by atoms with Gasteiger partial charge in [-0.25, -0.2) is 0 Å². The number of Topliss-reactive ketones (excluding diaryl/α,β-unsaturated/α-hetero) is 1. The number of para-hydroxylation sites is 1. The Morgan fingerprint density at radius 1 is 0.935 bits per heavy atom. The number of fused-ring (bicyclic) bond motifs is 1. The number of H-pyrrole nitrogens is 1. The molecule has 0 aliphatic carbocycles. The van der Waals surface area contributed by atoms with Crippen LogP contribution >= 0.6 is 0 Å². The molecular formula is C26H23N3O2. The molecule has 1 unspecified atom stereocenters. The number of nitrogens with zero attached hydrogens (tertiary/aromatic N) is 1. The van der Waals surface area contributed by atoms with Crippen LogP contribution in [0.3, 0.4) is 0 Å².